The third-order valence-electron chi connectivity index (χ3n) is 6.01. The SMILES string of the molecule is CO[C@@]12CCC(OCC3CC3)CC1N(C(=O)c1scnc1C)CC2. The zero-order valence-electron chi connectivity index (χ0n) is 14.5. The van der Waals surface area contributed by atoms with E-state index in [1.165, 1.54) is 24.2 Å². The summed E-state index contributed by atoms with van der Waals surface area (Å²) in [7, 11) is 1.80. The Morgan fingerprint density at radius 3 is 2.92 bits per heavy atom. The second kappa shape index (κ2) is 6.39. The number of rotatable bonds is 5. The van der Waals surface area contributed by atoms with E-state index in [9.17, 15) is 4.79 Å². The Hall–Kier alpha value is -0.980. The van der Waals surface area contributed by atoms with Gasteiger partial charge in [-0.05, 0) is 51.4 Å². The smallest absolute Gasteiger partial charge is 0.266 e. The normalized spacial score (nSPS) is 32.8. The minimum absolute atomic E-state index is 0.113. The summed E-state index contributed by atoms with van der Waals surface area (Å²) in [6.07, 6.45) is 6.72. The first-order valence-corrected chi connectivity index (χ1v) is 9.89. The fourth-order valence-corrected chi connectivity index (χ4v) is 5.01. The molecule has 2 heterocycles. The minimum Gasteiger partial charge on any atom is -0.378 e. The molecule has 1 aromatic rings. The summed E-state index contributed by atoms with van der Waals surface area (Å²) in [6.45, 7) is 3.56. The van der Waals surface area contributed by atoms with E-state index in [1.807, 2.05) is 11.8 Å². The number of likely N-dealkylation sites (tertiary alicyclic amines) is 1. The Labute approximate surface area is 147 Å². The van der Waals surface area contributed by atoms with E-state index >= 15 is 0 Å². The first-order chi connectivity index (χ1) is 11.6. The monoisotopic (exact) mass is 350 g/mol. The molecule has 0 radical (unpaired) electrons. The fourth-order valence-electron chi connectivity index (χ4n) is 4.25. The van der Waals surface area contributed by atoms with Crippen LogP contribution in [0.15, 0.2) is 5.51 Å². The van der Waals surface area contributed by atoms with E-state index in [0.29, 0.717) is 0 Å². The molecule has 2 saturated carbocycles. The van der Waals surface area contributed by atoms with Gasteiger partial charge < -0.3 is 14.4 Å². The van der Waals surface area contributed by atoms with Gasteiger partial charge in [0.05, 0.1) is 29.0 Å². The van der Waals surface area contributed by atoms with Crippen LogP contribution in [0.1, 0.15) is 53.9 Å². The number of thiazole rings is 1. The largest absolute Gasteiger partial charge is 0.378 e. The molecular formula is C18H26N2O3S. The summed E-state index contributed by atoms with van der Waals surface area (Å²) in [6, 6.07) is 0.120. The molecule has 3 fully saturated rings. The van der Waals surface area contributed by atoms with Gasteiger partial charge in [-0.15, -0.1) is 11.3 Å². The fraction of sp³-hybridized carbons (Fsp3) is 0.778. The van der Waals surface area contributed by atoms with Gasteiger partial charge in [-0.3, -0.25) is 4.79 Å². The Morgan fingerprint density at radius 1 is 1.42 bits per heavy atom. The molecular weight excluding hydrogens is 324 g/mol. The Morgan fingerprint density at radius 2 is 2.25 bits per heavy atom. The molecule has 1 amide bonds. The van der Waals surface area contributed by atoms with E-state index in [-0.39, 0.29) is 23.7 Å². The summed E-state index contributed by atoms with van der Waals surface area (Å²) in [4.78, 5) is 20.1. The topological polar surface area (TPSA) is 51.7 Å². The van der Waals surface area contributed by atoms with Gasteiger partial charge in [0.2, 0.25) is 0 Å². The van der Waals surface area contributed by atoms with Crippen LogP contribution in [0.4, 0.5) is 0 Å². The van der Waals surface area contributed by atoms with E-state index in [0.717, 1.165) is 55.3 Å². The van der Waals surface area contributed by atoms with Gasteiger partial charge in [0.25, 0.3) is 5.91 Å². The van der Waals surface area contributed by atoms with Crippen LogP contribution in [-0.2, 0) is 9.47 Å². The Kier molecular flexibility index (Phi) is 4.39. The van der Waals surface area contributed by atoms with Crippen LogP contribution in [0, 0.1) is 12.8 Å². The van der Waals surface area contributed by atoms with Crippen molar-refractivity contribution in [2.45, 2.75) is 63.2 Å². The van der Waals surface area contributed by atoms with Crippen molar-refractivity contribution >= 4 is 17.2 Å². The van der Waals surface area contributed by atoms with Gasteiger partial charge in [-0.1, -0.05) is 0 Å². The standard InChI is InChI=1S/C18H26N2O3S/c1-12-16(24-11-19-12)17(21)20-8-7-18(22-2)6-5-14(9-15(18)20)23-10-13-3-4-13/h11,13-15H,3-10H2,1-2H3/t14?,15?,18-/m1/s1. The molecule has 0 N–H and O–H groups in total. The quantitative estimate of drug-likeness (QED) is 0.819. The van der Waals surface area contributed by atoms with Gasteiger partial charge in [0.15, 0.2) is 0 Å². The van der Waals surface area contributed by atoms with E-state index < -0.39 is 0 Å². The van der Waals surface area contributed by atoms with Gasteiger partial charge in [-0.2, -0.15) is 0 Å². The number of nitrogens with zero attached hydrogens (tertiary/aromatic N) is 2. The van der Waals surface area contributed by atoms with Crippen LogP contribution in [0.25, 0.3) is 0 Å². The van der Waals surface area contributed by atoms with Gasteiger partial charge in [-0.25, -0.2) is 4.98 Å². The molecule has 3 atom stereocenters. The maximum absolute atomic E-state index is 13.0. The predicted molar refractivity (Wildman–Crippen MR) is 92.3 cm³/mol. The number of hydrogen-bond donors (Lipinski definition) is 0. The van der Waals surface area contributed by atoms with Crippen molar-refractivity contribution in [3.63, 3.8) is 0 Å². The van der Waals surface area contributed by atoms with Crippen LogP contribution in [0.2, 0.25) is 0 Å². The van der Waals surface area contributed by atoms with Crippen LogP contribution in [0.5, 0.6) is 0 Å². The first kappa shape index (κ1) is 16.5. The molecule has 3 aliphatic rings. The van der Waals surface area contributed by atoms with Crippen LogP contribution >= 0.6 is 11.3 Å². The van der Waals surface area contributed by atoms with Gasteiger partial charge >= 0.3 is 0 Å². The molecule has 132 valence electrons. The third-order valence-corrected chi connectivity index (χ3v) is 6.92. The number of hydrogen-bond acceptors (Lipinski definition) is 5. The highest BCUT2D eigenvalue weighted by molar-refractivity contribution is 7.11. The van der Waals surface area contributed by atoms with Crippen LogP contribution in [0.3, 0.4) is 0 Å². The minimum atomic E-state index is -0.187. The summed E-state index contributed by atoms with van der Waals surface area (Å²) >= 11 is 1.44. The van der Waals surface area contributed by atoms with Gasteiger partial charge in [0.1, 0.15) is 4.88 Å². The van der Waals surface area contributed by atoms with Crippen molar-refractivity contribution in [1.82, 2.24) is 9.88 Å². The zero-order chi connectivity index (χ0) is 16.7. The number of carbonyl (C=O) groups is 1. The number of fused-ring (bicyclic) bond motifs is 1. The van der Waals surface area contributed by atoms with E-state index in [1.54, 1.807) is 12.6 Å². The summed E-state index contributed by atoms with van der Waals surface area (Å²) in [5, 5.41) is 0. The van der Waals surface area contributed by atoms with Gasteiger partial charge in [0, 0.05) is 20.3 Å². The summed E-state index contributed by atoms with van der Waals surface area (Å²) in [5.41, 5.74) is 2.40. The number of methoxy groups -OCH3 is 1. The molecule has 4 rings (SSSR count). The molecule has 0 aromatic carbocycles. The lowest BCUT2D eigenvalue weighted by atomic mass is 9.79. The molecule has 0 spiro atoms. The number of ether oxygens (including phenoxy) is 2. The molecule has 5 nitrogen and oxygen atoms in total. The second-order valence-electron chi connectivity index (χ2n) is 7.47. The molecule has 1 saturated heterocycles. The first-order valence-electron chi connectivity index (χ1n) is 9.01. The molecule has 6 heteroatoms. The number of amides is 1. The second-order valence-corrected chi connectivity index (χ2v) is 8.33. The number of carbonyl (C=O) groups excluding carboxylic acids is 1. The lowest BCUT2D eigenvalue weighted by Crippen LogP contribution is -2.53. The molecule has 1 aliphatic heterocycles. The Balaban J connectivity index is 1.50. The molecule has 2 aliphatic carbocycles. The van der Waals surface area contributed by atoms with Crippen molar-refractivity contribution in [2.24, 2.45) is 5.92 Å². The summed E-state index contributed by atoms with van der Waals surface area (Å²) < 4.78 is 12.1. The maximum Gasteiger partial charge on any atom is 0.266 e. The highest BCUT2D eigenvalue weighted by Crippen LogP contribution is 2.44. The molecule has 24 heavy (non-hydrogen) atoms. The zero-order valence-corrected chi connectivity index (χ0v) is 15.3. The van der Waals surface area contributed by atoms with Crippen LogP contribution in [-0.4, -0.2) is 53.8 Å². The average Bonchev–Trinajstić information content (AvgIpc) is 3.21. The number of aryl methyl sites for hydroxylation is 1. The van der Waals surface area contributed by atoms with Crippen molar-refractivity contribution in [3.05, 3.63) is 16.1 Å². The third kappa shape index (κ3) is 2.89. The molecule has 1 aromatic heterocycles. The molecule has 2 unspecified atom stereocenters. The van der Waals surface area contributed by atoms with Crippen LogP contribution < -0.4 is 0 Å². The average molecular weight is 350 g/mol. The maximum atomic E-state index is 13.0. The summed E-state index contributed by atoms with van der Waals surface area (Å²) in [5.74, 6) is 0.891. The number of aromatic nitrogens is 1. The lowest BCUT2D eigenvalue weighted by Gasteiger charge is -2.43. The van der Waals surface area contributed by atoms with E-state index in [2.05, 4.69) is 4.98 Å². The molecule has 0 bridgehead atoms. The highest BCUT2D eigenvalue weighted by Gasteiger charge is 2.53. The predicted octanol–water partition coefficient (Wildman–Crippen LogP) is 3.03. The highest BCUT2D eigenvalue weighted by atomic mass is 32.1. The van der Waals surface area contributed by atoms with Crippen molar-refractivity contribution in [1.29, 1.82) is 0 Å². The van der Waals surface area contributed by atoms with Crippen molar-refractivity contribution < 1.29 is 14.3 Å². The Bertz CT molecular complexity index is 615. The lowest BCUT2D eigenvalue weighted by molar-refractivity contribution is -0.0977. The van der Waals surface area contributed by atoms with E-state index in [4.69, 9.17) is 9.47 Å². The van der Waals surface area contributed by atoms with Crippen molar-refractivity contribution in [3.8, 4) is 0 Å². The van der Waals surface area contributed by atoms with Crippen molar-refractivity contribution in [2.75, 3.05) is 20.3 Å².